The Bertz CT molecular complexity index is 728. The minimum Gasteiger partial charge on any atom is -0.343 e. The highest BCUT2D eigenvalue weighted by Gasteiger charge is 2.36. The van der Waals surface area contributed by atoms with Crippen molar-refractivity contribution in [3.05, 3.63) is 29.3 Å². The zero-order valence-corrected chi connectivity index (χ0v) is 15.8. The number of halogens is 1. The zero-order valence-electron chi connectivity index (χ0n) is 14.2. The fraction of sp³-hybridized carbons (Fsp3) is 0.588. The highest BCUT2D eigenvalue weighted by Crippen LogP contribution is 2.29. The zero-order chi connectivity index (χ0) is 18.0. The van der Waals surface area contributed by atoms with Crippen molar-refractivity contribution in [1.29, 1.82) is 0 Å². The lowest BCUT2D eigenvalue weighted by atomic mass is 9.98. The quantitative estimate of drug-likeness (QED) is 0.782. The van der Waals surface area contributed by atoms with Crippen LogP contribution in [0.25, 0.3) is 0 Å². The van der Waals surface area contributed by atoms with Crippen molar-refractivity contribution >= 4 is 27.5 Å². The van der Waals surface area contributed by atoms with E-state index in [4.69, 9.17) is 11.6 Å². The molecule has 1 aromatic carbocycles. The number of fused-ring (bicyclic) bond motifs is 2. The predicted molar refractivity (Wildman–Crippen MR) is 97.0 cm³/mol. The number of sulfonamides is 1. The Hall–Kier alpha value is -1.15. The van der Waals surface area contributed by atoms with Crippen LogP contribution in [0.1, 0.15) is 32.1 Å². The Kier molecular flexibility index (Phi) is 5.68. The summed E-state index contributed by atoms with van der Waals surface area (Å²) in [6.07, 6.45) is 4.47. The third-order valence-electron chi connectivity index (χ3n) is 5.13. The molecule has 6 nitrogen and oxygen atoms in total. The second-order valence-corrected chi connectivity index (χ2v) is 9.08. The summed E-state index contributed by atoms with van der Waals surface area (Å²) < 4.78 is 26.9. The minimum atomic E-state index is -3.65. The average Bonchev–Trinajstić information content (AvgIpc) is 2.92. The van der Waals surface area contributed by atoms with E-state index < -0.39 is 10.0 Å². The number of piperidine rings is 1. The average molecular weight is 386 g/mol. The van der Waals surface area contributed by atoms with Crippen LogP contribution in [0.5, 0.6) is 0 Å². The van der Waals surface area contributed by atoms with Crippen LogP contribution < -0.4 is 10.0 Å². The van der Waals surface area contributed by atoms with Crippen molar-refractivity contribution < 1.29 is 13.2 Å². The van der Waals surface area contributed by atoms with Gasteiger partial charge in [-0.05, 0) is 43.9 Å². The molecule has 0 aliphatic carbocycles. The molecule has 2 N–H and O–H groups in total. The molecule has 2 heterocycles. The fourth-order valence-electron chi connectivity index (χ4n) is 3.73. The van der Waals surface area contributed by atoms with Crippen molar-refractivity contribution in [2.75, 3.05) is 13.6 Å². The van der Waals surface area contributed by atoms with Gasteiger partial charge in [-0.15, -0.1) is 0 Å². The SMILES string of the molecule is CN(C(=O)CCNS(=O)(=O)c1cccc(Cl)c1)C1CC2CCC(C1)N2. The maximum Gasteiger partial charge on any atom is 0.240 e. The van der Waals surface area contributed by atoms with Crippen molar-refractivity contribution in [3.63, 3.8) is 0 Å². The third kappa shape index (κ3) is 4.53. The van der Waals surface area contributed by atoms with Gasteiger partial charge in [0.1, 0.15) is 0 Å². The summed E-state index contributed by atoms with van der Waals surface area (Å²) in [7, 11) is -1.83. The first-order chi connectivity index (χ1) is 11.8. The van der Waals surface area contributed by atoms with Gasteiger partial charge in [0.25, 0.3) is 0 Å². The number of nitrogens with one attached hydrogen (secondary N) is 2. The summed E-state index contributed by atoms with van der Waals surface area (Å²) in [4.78, 5) is 14.3. The number of nitrogens with zero attached hydrogens (tertiary/aromatic N) is 1. The highest BCUT2D eigenvalue weighted by molar-refractivity contribution is 7.89. The number of hydrogen-bond donors (Lipinski definition) is 2. The molecule has 8 heteroatoms. The molecule has 3 rings (SSSR count). The first-order valence-corrected chi connectivity index (χ1v) is 10.5. The summed E-state index contributed by atoms with van der Waals surface area (Å²) in [5.74, 6) is -0.0277. The van der Waals surface area contributed by atoms with Crippen LogP contribution >= 0.6 is 11.6 Å². The van der Waals surface area contributed by atoms with E-state index in [2.05, 4.69) is 10.0 Å². The Morgan fingerprint density at radius 3 is 2.64 bits per heavy atom. The molecular formula is C17H24ClN3O3S. The second-order valence-electron chi connectivity index (χ2n) is 6.87. The van der Waals surface area contributed by atoms with Crippen LogP contribution in [0.15, 0.2) is 29.2 Å². The molecule has 2 saturated heterocycles. The lowest BCUT2D eigenvalue weighted by molar-refractivity contribution is -0.132. The summed E-state index contributed by atoms with van der Waals surface area (Å²) in [5.41, 5.74) is 0. The molecule has 1 amide bonds. The van der Waals surface area contributed by atoms with E-state index in [1.165, 1.54) is 25.0 Å². The van der Waals surface area contributed by atoms with Gasteiger partial charge in [-0.25, -0.2) is 13.1 Å². The fourth-order valence-corrected chi connectivity index (χ4v) is 5.07. The van der Waals surface area contributed by atoms with E-state index in [1.54, 1.807) is 17.0 Å². The first kappa shape index (κ1) is 18.6. The van der Waals surface area contributed by atoms with Crippen LogP contribution in [-0.4, -0.2) is 50.9 Å². The van der Waals surface area contributed by atoms with E-state index in [0.717, 1.165) is 12.8 Å². The highest BCUT2D eigenvalue weighted by atomic mass is 35.5. The largest absolute Gasteiger partial charge is 0.343 e. The molecule has 2 aliphatic rings. The Morgan fingerprint density at radius 1 is 1.32 bits per heavy atom. The molecule has 2 atom stereocenters. The molecule has 2 fully saturated rings. The molecule has 2 unspecified atom stereocenters. The molecule has 2 aliphatic heterocycles. The molecule has 1 aromatic rings. The molecule has 0 saturated carbocycles. The number of rotatable bonds is 6. The van der Waals surface area contributed by atoms with Gasteiger partial charge in [-0.2, -0.15) is 0 Å². The number of amides is 1. The summed E-state index contributed by atoms with van der Waals surface area (Å²) in [6, 6.07) is 7.35. The van der Waals surface area contributed by atoms with Crippen LogP contribution in [0, 0.1) is 0 Å². The first-order valence-electron chi connectivity index (χ1n) is 8.62. The number of benzene rings is 1. The molecule has 25 heavy (non-hydrogen) atoms. The van der Waals surface area contributed by atoms with Gasteiger partial charge in [0.05, 0.1) is 4.90 Å². The van der Waals surface area contributed by atoms with E-state index >= 15 is 0 Å². The molecule has 0 radical (unpaired) electrons. The lowest BCUT2D eigenvalue weighted by Crippen LogP contribution is -2.49. The predicted octanol–water partition coefficient (Wildman–Crippen LogP) is 1.75. The van der Waals surface area contributed by atoms with Crippen molar-refractivity contribution in [3.8, 4) is 0 Å². The van der Waals surface area contributed by atoms with Crippen LogP contribution in [-0.2, 0) is 14.8 Å². The van der Waals surface area contributed by atoms with Crippen LogP contribution in [0.4, 0.5) is 0 Å². The Balaban J connectivity index is 1.50. The topological polar surface area (TPSA) is 78.5 Å². The van der Waals surface area contributed by atoms with E-state index in [9.17, 15) is 13.2 Å². The van der Waals surface area contributed by atoms with Crippen LogP contribution in [0.2, 0.25) is 5.02 Å². The number of carbonyl (C=O) groups is 1. The number of carbonyl (C=O) groups excluding carboxylic acids is 1. The maximum atomic E-state index is 12.4. The Labute approximate surface area is 154 Å². The van der Waals surface area contributed by atoms with Gasteiger partial charge in [-0.3, -0.25) is 4.79 Å². The monoisotopic (exact) mass is 385 g/mol. The van der Waals surface area contributed by atoms with E-state index in [1.807, 2.05) is 7.05 Å². The molecule has 138 valence electrons. The normalized spacial score (nSPS) is 25.8. The van der Waals surface area contributed by atoms with E-state index in [-0.39, 0.29) is 29.8 Å². The minimum absolute atomic E-state index is 0.0277. The second kappa shape index (κ2) is 7.61. The summed E-state index contributed by atoms with van der Waals surface area (Å²) >= 11 is 5.83. The van der Waals surface area contributed by atoms with E-state index in [0.29, 0.717) is 17.1 Å². The summed E-state index contributed by atoms with van der Waals surface area (Å²) in [6.45, 7) is 0.0792. The van der Waals surface area contributed by atoms with Gasteiger partial charge in [0.15, 0.2) is 0 Å². The molecule has 2 bridgehead atoms. The van der Waals surface area contributed by atoms with Crippen molar-refractivity contribution in [2.45, 2.75) is 55.1 Å². The molecular weight excluding hydrogens is 362 g/mol. The van der Waals surface area contributed by atoms with Gasteiger partial charge in [-0.1, -0.05) is 17.7 Å². The van der Waals surface area contributed by atoms with Crippen molar-refractivity contribution in [2.24, 2.45) is 0 Å². The smallest absolute Gasteiger partial charge is 0.240 e. The van der Waals surface area contributed by atoms with Gasteiger partial charge >= 0.3 is 0 Å². The third-order valence-corrected chi connectivity index (χ3v) is 6.82. The lowest BCUT2D eigenvalue weighted by Gasteiger charge is -2.35. The van der Waals surface area contributed by atoms with Crippen LogP contribution in [0.3, 0.4) is 0 Å². The van der Waals surface area contributed by atoms with Gasteiger partial charge in [0, 0.05) is 43.2 Å². The molecule has 0 aromatic heterocycles. The molecule has 0 spiro atoms. The number of hydrogen-bond acceptors (Lipinski definition) is 4. The standard InChI is InChI=1S/C17H24ClN3O3S/c1-21(15-10-13-5-6-14(11-15)20-13)17(22)7-8-19-25(23,24)16-4-2-3-12(18)9-16/h2-4,9,13-15,19-20H,5-8,10-11H2,1H3. The van der Waals surface area contributed by atoms with Crippen molar-refractivity contribution in [1.82, 2.24) is 14.9 Å². The van der Waals surface area contributed by atoms with Gasteiger partial charge < -0.3 is 10.2 Å². The maximum absolute atomic E-state index is 12.4. The van der Waals surface area contributed by atoms with Gasteiger partial charge in [0.2, 0.25) is 15.9 Å². The Morgan fingerprint density at radius 2 is 2.00 bits per heavy atom. The summed E-state index contributed by atoms with van der Waals surface area (Å²) in [5, 5.41) is 3.92.